The van der Waals surface area contributed by atoms with Crippen LogP contribution in [0.15, 0.2) is 40.5 Å². The third-order valence-corrected chi connectivity index (χ3v) is 3.91. The molecule has 1 aromatic carbocycles. The van der Waals surface area contributed by atoms with Crippen LogP contribution in [0.1, 0.15) is 5.56 Å². The number of anilines is 1. The van der Waals surface area contributed by atoms with Crippen molar-refractivity contribution in [3.8, 4) is 0 Å². The van der Waals surface area contributed by atoms with Gasteiger partial charge in [-0.2, -0.15) is 0 Å². The quantitative estimate of drug-likeness (QED) is 0.502. The second kappa shape index (κ2) is 6.02. The van der Waals surface area contributed by atoms with Crippen molar-refractivity contribution in [2.24, 2.45) is 0 Å². The summed E-state index contributed by atoms with van der Waals surface area (Å²) in [6.07, 6.45) is 1.41. The number of carbonyl (C=O) groups is 1. The number of aryl methyl sites for hydroxylation is 1. The lowest BCUT2D eigenvalue weighted by Crippen LogP contribution is -2.16. The predicted molar refractivity (Wildman–Crippen MR) is 85.0 cm³/mol. The van der Waals surface area contributed by atoms with Crippen LogP contribution < -0.4 is 10.9 Å². The number of hydrogen-bond donors (Lipinski definition) is 3. The van der Waals surface area contributed by atoms with Crippen molar-refractivity contribution in [1.29, 1.82) is 0 Å². The molecule has 0 bridgehead atoms. The van der Waals surface area contributed by atoms with E-state index in [1.165, 1.54) is 6.33 Å². The molecule has 0 fully saturated rings. The predicted octanol–water partition coefficient (Wildman–Crippen LogP) is 1.69. The van der Waals surface area contributed by atoms with Gasteiger partial charge >= 0.3 is 0 Å². The fourth-order valence-corrected chi connectivity index (χ4v) is 2.58. The number of imidazole rings is 1. The van der Waals surface area contributed by atoms with Crippen LogP contribution in [-0.4, -0.2) is 31.6 Å². The molecule has 0 aliphatic rings. The molecule has 2 aromatic heterocycles. The first-order chi connectivity index (χ1) is 10.6. The number of fused-ring (bicyclic) bond motifs is 1. The van der Waals surface area contributed by atoms with Gasteiger partial charge in [0.25, 0.3) is 5.56 Å². The van der Waals surface area contributed by atoms with E-state index in [0.29, 0.717) is 16.3 Å². The minimum Gasteiger partial charge on any atom is -0.339 e. The van der Waals surface area contributed by atoms with Gasteiger partial charge in [0.1, 0.15) is 0 Å². The van der Waals surface area contributed by atoms with E-state index in [2.05, 4.69) is 25.3 Å². The van der Waals surface area contributed by atoms with Gasteiger partial charge < -0.3 is 10.3 Å². The molecule has 0 radical (unpaired) electrons. The van der Waals surface area contributed by atoms with Gasteiger partial charge in [-0.25, -0.2) is 9.97 Å². The lowest BCUT2D eigenvalue weighted by molar-refractivity contribution is -0.113. The molecule has 0 aliphatic heterocycles. The fourth-order valence-electron chi connectivity index (χ4n) is 1.92. The number of amides is 1. The summed E-state index contributed by atoms with van der Waals surface area (Å²) >= 11 is 1.15. The number of aromatic amines is 2. The van der Waals surface area contributed by atoms with E-state index in [0.717, 1.165) is 23.0 Å². The monoisotopic (exact) mass is 315 g/mol. The van der Waals surface area contributed by atoms with Crippen molar-refractivity contribution in [3.63, 3.8) is 0 Å². The second-order valence-electron chi connectivity index (χ2n) is 4.62. The lowest BCUT2D eigenvalue weighted by Gasteiger charge is -2.07. The van der Waals surface area contributed by atoms with Gasteiger partial charge in [-0.15, -0.1) is 0 Å². The van der Waals surface area contributed by atoms with Crippen LogP contribution in [0.4, 0.5) is 5.69 Å². The van der Waals surface area contributed by atoms with Crippen molar-refractivity contribution in [3.05, 3.63) is 46.5 Å². The van der Waals surface area contributed by atoms with Crippen LogP contribution in [0.25, 0.3) is 11.2 Å². The van der Waals surface area contributed by atoms with Crippen LogP contribution in [0.2, 0.25) is 0 Å². The summed E-state index contributed by atoms with van der Waals surface area (Å²) < 4.78 is 0. The van der Waals surface area contributed by atoms with Crippen molar-refractivity contribution >= 4 is 34.5 Å². The summed E-state index contributed by atoms with van der Waals surface area (Å²) in [6.45, 7) is 1.92. The zero-order chi connectivity index (χ0) is 15.5. The van der Waals surface area contributed by atoms with Crippen LogP contribution in [0, 0.1) is 6.92 Å². The van der Waals surface area contributed by atoms with Gasteiger partial charge in [-0.05, 0) is 18.6 Å². The molecule has 3 N–H and O–H groups in total. The summed E-state index contributed by atoms with van der Waals surface area (Å²) in [5.41, 5.74) is 2.13. The summed E-state index contributed by atoms with van der Waals surface area (Å²) in [6, 6.07) is 7.54. The Morgan fingerprint density at radius 1 is 1.36 bits per heavy atom. The first kappa shape index (κ1) is 14.3. The van der Waals surface area contributed by atoms with Crippen LogP contribution in [-0.2, 0) is 4.79 Å². The van der Waals surface area contributed by atoms with Crippen molar-refractivity contribution in [1.82, 2.24) is 19.9 Å². The fraction of sp³-hybridized carbons (Fsp3) is 0.143. The van der Waals surface area contributed by atoms with Crippen LogP contribution >= 0.6 is 11.8 Å². The topological polar surface area (TPSA) is 104 Å². The Morgan fingerprint density at radius 3 is 3.00 bits per heavy atom. The molecule has 3 aromatic rings. The molecule has 7 nitrogen and oxygen atoms in total. The van der Waals surface area contributed by atoms with E-state index in [-0.39, 0.29) is 17.2 Å². The minimum absolute atomic E-state index is 0.146. The first-order valence-electron chi connectivity index (χ1n) is 6.55. The molecular formula is C14H13N5O2S. The van der Waals surface area contributed by atoms with Crippen LogP contribution in [0.5, 0.6) is 0 Å². The number of para-hydroxylation sites is 1. The van der Waals surface area contributed by atoms with E-state index < -0.39 is 0 Å². The molecule has 8 heteroatoms. The number of thioether (sulfide) groups is 1. The highest BCUT2D eigenvalue weighted by molar-refractivity contribution is 7.99. The van der Waals surface area contributed by atoms with Gasteiger partial charge in [0.05, 0.1) is 12.1 Å². The zero-order valence-corrected chi connectivity index (χ0v) is 12.5. The summed E-state index contributed by atoms with van der Waals surface area (Å²) in [5.74, 6) is -0.0169. The second-order valence-corrected chi connectivity index (χ2v) is 5.59. The number of nitrogens with one attached hydrogen (secondary N) is 3. The molecule has 1 amide bonds. The summed E-state index contributed by atoms with van der Waals surface area (Å²) in [4.78, 5) is 37.2. The maximum Gasteiger partial charge on any atom is 0.277 e. The number of aromatic nitrogens is 4. The van der Waals surface area contributed by atoms with Gasteiger partial charge in [-0.3, -0.25) is 14.6 Å². The molecule has 0 unspecified atom stereocenters. The summed E-state index contributed by atoms with van der Waals surface area (Å²) in [5, 5.41) is 3.19. The molecule has 22 heavy (non-hydrogen) atoms. The zero-order valence-electron chi connectivity index (χ0n) is 11.7. The summed E-state index contributed by atoms with van der Waals surface area (Å²) in [7, 11) is 0. The van der Waals surface area contributed by atoms with Crippen molar-refractivity contribution < 1.29 is 4.79 Å². The van der Waals surface area contributed by atoms with Crippen LogP contribution in [0.3, 0.4) is 0 Å². The van der Waals surface area contributed by atoms with E-state index in [9.17, 15) is 9.59 Å². The van der Waals surface area contributed by atoms with E-state index in [1.54, 1.807) is 0 Å². The Bertz CT molecular complexity index is 886. The number of carbonyl (C=O) groups excluding carboxylic acids is 1. The third kappa shape index (κ3) is 3.01. The minimum atomic E-state index is -0.302. The Morgan fingerprint density at radius 2 is 2.18 bits per heavy atom. The van der Waals surface area contributed by atoms with Gasteiger partial charge in [0.2, 0.25) is 5.91 Å². The highest BCUT2D eigenvalue weighted by Gasteiger charge is 2.09. The molecule has 0 spiro atoms. The maximum atomic E-state index is 12.0. The first-order valence-corrected chi connectivity index (χ1v) is 7.54. The highest BCUT2D eigenvalue weighted by Crippen LogP contribution is 2.16. The molecule has 112 valence electrons. The SMILES string of the molecule is Cc1ccccc1NC(=O)CSc1nc2nc[nH]c2c(=O)[nH]1. The standard InChI is InChI=1S/C14H13N5O2S/c1-8-4-2-3-5-9(8)17-10(20)6-22-14-18-12-11(13(21)19-14)15-7-16-12/h2-5,7H,6H2,1H3,(H,17,20)(H2,15,16,18,19,21). The molecule has 0 saturated heterocycles. The number of nitrogens with zero attached hydrogens (tertiary/aromatic N) is 2. The number of rotatable bonds is 4. The maximum absolute atomic E-state index is 12.0. The molecule has 2 heterocycles. The van der Waals surface area contributed by atoms with E-state index in [1.807, 2.05) is 31.2 Å². The van der Waals surface area contributed by atoms with Gasteiger partial charge in [0.15, 0.2) is 16.3 Å². The molecule has 0 atom stereocenters. The molecule has 0 saturated carbocycles. The van der Waals surface area contributed by atoms with E-state index >= 15 is 0 Å². The number of benzene rings is 1. The Kier molecular flexibility index (Phi) is 3.92. The largest absolute Gasteiger partial charge is 0.339 e. The third-order valence-electron chi connectivity index (χ3n) is 3.03. The van der Waals surface area contributed by atoms with E-state index in [4.69, 9.17) is 0 Å². The van der Waals surface area contributed by atoms with Gasteiger partial charge in [0, 0.05) is 5.69 Å². The smallest absolute Gasteiger partial charge is 0.277 e. The highest BCUT2D eigenvalue weighted by atomic mass is 32.2. The van der Waals surface area contributed by atoms with Crippen molar-refractivity contribution in [2.75, 3.05) is 11.1 Å². The Balaban J connectivity index is 1.67. The number of hydrogen-bond acceptors (Lipinski definition) is 5. The average Bonchev–Trinajstić information content (AvgIpc) is 2.97. The lowest BCUT2D eigenvalue weighted by atomic mass is 10.2. The number of H-pyrrole nitrogens is 2. The van der Waals surface area contributed by atoms with Crippen molar-refractivity contribution in [2.45, 2.75) is 12.1 Å². The average molecular weight is 315 g/mol. The van der Waals surface area contributed by atoms with Gasteiger partial charge in [-0.1, -0.05) is 30.0 Å². The molecular weight excluding hydrogens is 302 g/mol. The normalized spacial score (nSPS) is 10.8. The Hall–Kier alpha value is -2.61. The molecule has 3 rings (SSSR count). The molecule has 0 aliphatic carbocycles. The Labute approximate surface area is 129 Å².